The van der Waals surface area contributed by atoms with Crippen LogP contribution in [0, 0.1) is 0 Å². The molecule has 1 amide bonds. The molecule has 1 aromatic rings. The molecule has 1 saturated heterocycles. The van der Waals surface area contributed by atoms with E-state index in [-0.39, 0.29) is 22.7 Å². The number of ether oxygens (including phenoxy) is 1. The van der Waals surface area contributed by atoms with Crippen molar-refractivity contribution in [2.24, 2.45) is 0 Å². The molecule has 6 heteroatoms. The molecule has 5 nitrogen and oxygen atoms in total. The second-order valence-corrected chi connectivity index (χ2v) is 4.51. The topological polar surface area (TPSA) is 70.6 Å². The number of benzene rings is 1. The standard InChI is InChI=1S/C12H15ClN2O3/c13-10-5-8(1-2-11(10)16)12(17)15-6-9-7-18-4-3-14-9/h1-2,5,9,14,16H,3-4,6-7H2,(H,15,17). The van der Waals surface area contributed by atoms with Gasteiger partial charge in [-0.3, -0.25) is 4.79 Å². The van der Waals surface area contributed by atoms with E-state index < -0.39 is 0 Å². The van der Waals surface area contributed by atoms with Crippen LogP contribution < -0.4 is 10.6 Å². The maximum atomic E-state index is 11.8. The lowest BCUT2D eigenvalue weighted by atomic mass is 10.2. The van der Waals surface area contributed by atoms with E-state index in [4.69, 9.17) is 16.3 Å². The Morgan fingerprint density at radius 1 is 1.61 bits per heavy atom. The SMILES string of the molecule is O=C(NCC1COCCN1)c1ccc(O)c(Cl)c1. The Morgan fingerprint density at radius 3 is 3.11 bits per heavy atom. The number of morpholine rings is 1. The number of carbonyl (C=O) groups is 1. The molecule has 0 aromatic heterocycles. The minimum absolute atomic E-state index is 0.0319. The van der Waals surface area contributed by atoms with Crippen molar-refractivity contribution in [3.05, 3.63) is 28.8 Å². The molecule has 1 aromatic carbocycles. The van der Waals surface area contributed by atoms with E-state index in [1.54, 1.807) is 0 Å². The number of hydrogen-bond acceptors (Lipinski definition) is 4. The molecule has 1 atom stereocenters. The zero-order valence-electron chi connectivity index (χ0n) is 9.78. The highest BCUT2D eigenvalue weighted by Gasteiger charge is 2.15. The summed E-state index contributed by atoms with van der Waals surface area (Å²) in [5.41, 5.74) is 0.425. The van der Waals surface area contributed by atoms with Gasteiger partial charge in [-0.2, -0.15) is 0 Å². The molecular weight excluding hydrogens is 256 g/mol. The van der Waals surface area contributed by atoms with Gasteiger partial charge in [0.2, 0.25) is 0 Å². The smallest absolute Gasteiger partial charge is 0.251 e. The van der Waals surface area contributed by atoms with Gasteiger partial charge in [0.05, 0.1) is 18.2 Å². The van der Waals surface area contributed by atoms with Gasteiger partial charge in [-0.15, -0.1) is 0 Å². The third-order valence-electron chi connectivity index (χ3n) is 2.72. The van der Waals surface area contributed by atoms with E-state index >= 15 is 0 Å². The van der Waals surface area contributed by atoms with Crippen LogP contribution in [0.4, 0.5) is 0 Å². The Hall–Kier alpha value is -1.30. The molecule has 1 aliphatic rings. The van der Waals surface area contributed by atoms with Crippen molar-refractivity contribution in [3.8, 4) is 5.75 Å². The Labute approximate surface area is 110 Å². The highest BCUT2D eigenvalue weighted by Crippen LogP contribution is 2.23. The van der Waals surface area contributed by atoms with Crippen molar-refractivity contribution in [2.45, 2.75) is 6.04 Å². The minimum Gasteiger partial charge on any atom is -0.506 e. The lowest BCUT2D eigenvalue weighted by Crippen LogP contribution is -2.48. The predicted octanol–water partition coefficient (Wildman–Crippen LogP) is 0.764. The van der Waals surface area contributed by atoms with Gasteiger partial charge in [0.15, 0.2) is 0 Å². The fraction of sp³-hybridized carbons (Fsp3) is 0.417. The third kappa shape index (κ3) is 3.35. The molecule has 0 spiro atoms. The van der Waals surface area contributed by atoms with E-state index in [1.807, 2.05) is 0 Å². The van der Waals surface area contributed by atoms with Crippen LogP contribution in [0.3, 0.4) is 0 Å². The maximum Gasteiger partial charge on any atom is 0.251 e. The van der Waals surface area contributed by atoms with Crippen LogP contribution in [-0.4, -0.2) is 43.4 Å². The largest absolute Gasteiger partial charge is 0.506 e. The molecular formula is C12H15ClN2O3. The number of phenolic OH excluding ortho intramolecular Hbond substituents is 1. The zero-order chi connectivity index (χ0) is 13.0. The first-order chi connectivity index (χ1) is 8.66. The van der Waals surface area contributed by atoms with Crippen LogP contribution in [0.5, 0.6) is 5.75 Å². The second-order valence-electron chi connectivity index (χ2n) is 4.10. The van der Waals surface area contributed by atoms with Gasteiger partial charge >= 0.3 is 0 Å². The molecule has 3 N–H and O–H groups in total. The Balaban J connectivity index is 1.88. The summed E-state index contributed by atoms with van der Waals surface area (Å²) in [6, 6.07) is 4.51. The van der Waals surface area contributed by atoms with Crippen LogP contribution in [0.1, 0.15) is 10.4 Å². The van der Waals surface area contributed by atoms with Crippen molar-refractivity contribution >= 4 is 17.5 Å². The summed E-state index contributed by atoms with van der Waals surface area (Å²) in [4.78, 5) is 11.8. The van der Waals surface area contributed by atoms with Gasteiger partial charge in [-0.25, -0.2) is 0 Å². The van der Waals surface area contributed by atoms with Crippen LogP contribution in [0.2, 0.25) is 5.02 Å². The minimum atomic E-state index is -0.218. The second kappa shape index (κ2) is 6.04. The summed E-state index contributed by atoms with van der Waals surface area (Å²) in [6.45, 7) is 2.59. The van der Waals surface area contributed by atoms with E-state index in [9.17, 15) is 9.90 Å². The number of amides is 1. The fourth-order valence-corrected chi connectivity index (χ4v) is 1.90. The summed E-state index contributed by atoms with van der Waals surface area (Å²) in [5, 5.41) is 15.5. The summed E-state index contributed by atoms with van der Waals surface area (Å²) >= 11 is 5.74. The Bertz CT molecular complexity index is 433. The van der Waals surface area contributed by atoms with Gasteiger partial charge in [0.25, 0.3) is 5.91 Å². The first-order valence-electron chi connectivity index (χ1n) is 5.74. The zero-order valence-corrected chi connectivity index (χ0v) is 10.5. The molecule has 0 aliphatic carbocycles. The monoisotopic (exact) mass is 270 g/mol. The molecule has 1 fully saturated rings. The van der Waals surface area contributed by atoms with Gasteiger partial charge < -0.3 is 20.5 Å². The van der Waals surface area contributed by atoms with Crippen molar-refractivity contribution < 1.29 is 14.6 Å². The third-order valence-corrected chi connectivity index (χ3v) is 3.02. The summed E-state index contributed by atoms with van der Waals surface area (Å²) in [5.74, 6) is -0.250. The molecule has 1 unspecified atom stereocenters. The highest BCUT2D eigenvalue weighted by atomic mass is 35.5. The van der Waals surface area contributed by atoms with Crippen LogP contribution in [0.15, 0.2) is 18.2 Å². The number of nitrogens with one attached hydrogen (secondary N) is 2. The van der Waals surface area contributed by atoms with Crippen molar-refractivity contribution in [2.75, 3.05) is 26.3 Å². The van der Waals surface area contributed by atoms with Crippen molar-refractivity contribution in [1.29, 1.82) is 0 Å². The number of aromatic hydroxyl groups is 1. The van der Waals surface area contributed by atoms with Gasteiger partial charge in [0.1, 0.15) is 5.75 Å². The number of halogens is 1. The van der Waals surface area contributed by atoms with Gasteiger partial charge in [0, 0.05) is 24.7 Å². The molecule has 2 rings (SSSR count). The predicted molar refractivity (Wildman–Crippen MR) is 68.1 cm³/mol. The number of phenols is 1. The number of hydrogen-bond donors (Lipinski definition) is 3. The fourth-order valence-electron chi connectivity index (χ4n) is 1.72. The molecule has 0 radical (unpaired) electrons. The normalized spacial score (nSPS) is 19.5. The lowest BCUT2D eigenvalue weighted by Gasteiger charge is -2.23. The molecule has 98 valence electrons. The van der Waals surface area contributed by atoms with E-state index in [0.29, 0.717) is 25.3 Å². The molecule has 1 aliphatic heterocycles. The Morgan fingerprint density at radius 2 is 2.44 bits per heavy atom. The maximum absolute atomic E-state index is 11.8. The van der Waals surface area contributed by atoms with Crippen LogP contribution in [0.25, 0.3) is 0 Å². The number of carbonyl (C=O) groups excluding carboxylic acids is 1. The number of rotatable bonds is 3. The average molecular weight is 271 g/mol. The first kappa shape index (κ1) is 13.1. The summed E-state index contributed by atoms with van der Waals surface area (Å²) in [7, 11) is 0. The van der Waals surface area contributed by atoms with Crippen molar-refractivity contribution in [1.82, 2.24) is 10.6 Å². The molecule has 0 saturated carbocycles. The summed E-state index contributed by atoms with van der Waals surface area (Å²) in [6.07, 6.45) is 0. The quantitative estimate of drug-likeness (QED) is 0.759. The molecule has 0 bridgehead atoms. The summed E-state index contributed by atoms with van der Waals surface area (Å²) < 4.78 is 5.29. The first-order valence-corrected chi connectivity index (χ1v) is 6.12. The van der Waals surface area contributed by atoms with Crippen LogP contribution >= 0.6 is 11.6 Å². The Kier molecular flexibility index (Phi) is 4.41. The van der Waals surface area contributed by atoms with Crippen molar-refractivity contribution in [3.63, 3.8) is 0 Å². The van der Waals surface area contributed by atoms with Gasteiger partial charge in [-0.05, 0) is 18.2 Å². The lowest BCUT2D eigenvalue weighted by molar-refractivity contribution is 0.0734. The van der Waals surface area contributed by atoms with Crippen LogP contribution in [-0.2, 0) is 4.74 Å². The van der Waals surface area contributed by atoms with E-state index in [0.717, 1.165) is 6.54 Å². The van der Waals surface area contributed by atoms with E-state index in [2.05, 4.69) is 10.6 Å². The highest BCUT2D eigenvalue weighted by molar-refractivity contribution is 6.32. The van der Waals surface area contributed by atoms with E-state index in [1.165, 1.54) is 18.2 Å². The van der Waals surface area contributed by atoms with Gasteiger partial charge in [-0.1, -0.05) is 11.6 Å². The molecule has 1 heterocycles. The average Bonchev–Trinajstić information content (AvgIpc) is 2.40. The molecule has 18 heavy (non-hydrogen) atoms.